The van der Waals surface area contributed by atoms with E-state index in [1.54, 1.807) is 0 Å². The van der Waals surface area contributed by atoms with Crippen LogP contribution >= 0.6 is 0 Å². The van der Waals surface area contributed by atoms with E-state index in [-0.39, 0.29) is 0 Å². The fourth-order valence-corrected chi connectivity index (χ4v) is 2.82. The molecule has 0 aromatic heterocycles. The van der Waals surface area contributed by atoms with E-state index in [0.717, 1.165) is 0 Å². The van der Waals surface area contributed by atoms with Crippen molar-refractivity contribution in [2.75, 3.05) is 6.54 Å². The van der Waals surface area contributed by atoms with Gasteiger partial charge in [0.15, 0.2) is 0 Å². The molecule has 90 valence electrons. The van der Waals surface area contributed by atoms with Crippen molar-refractivity contribution >= 4 is 0 Å². The Bertz CT molecular complexity index is 398. The van der Waals surface area contributed by atoms with Gasteiger partial charge in [0.1, 0.15) is 0 Å². The lowest BCUT2D eigenvalue weighted by Gasteiger charge is -2.22. The number of hydrogen-bond acceptors (Lipinski definition) is 1. The summed E-state index contributed by atoms with van der Waals surface area (Å²) in [6.45, 7) is 2.70. The molecule has 0 N–H and O–H groups in total. The third-order valence-electron chi connectivity index (χ3n) is 3.82. The maximum absolute atomic E-state index is 8.51. The minimum Gasteiger partial charge on any atom is -0.0933 e. The number of benzene rings is 1. The van der Waals surface area contributed by atoms with E-state index < -0.39 is 0 Å². The lowest BCUT2D eigenvalue weighted by Crippen LogP contribution is -2.12. The highest BCUT2D eigenvalue weighted by Gasteiger charge is 2.25. The molecule has 0 saturated heterocycles. The largest absolute Gasteiger partial charge is 0.0933 e. The summed E-state index contributed by atoms with van der Waals surface area (Å²) in [6.07, 6.45) is 5.20. The molecule has 0 heterocycles. The van der Waals surface area contributed by atoms with E-state index in [0.29, 0.717) is 18.4 Å². The van der Waals surface area contributed by atoms with Gasteiger partial charge in [-0.15, -0.1) is 0 Å². The van der Waals surface area contributed by atoms with Crippen LogP contribution in [0.3, 0.4) is 0 Å². The van der Waals surface area contributed by atoms with Crippen molar-refractivity contribution in [1.29, 1.82) is 0 Å². The number of nitrogens with zero attached hydrogens (tertiary/aromatic N) is 3. The van der Waals surface area contributed by atoms with Gasteiger partial charge in [0.25, 0.3) is 0 Å². The summed E-state index contributed by atoms with van der Waals surface area (Å²) < 4.78 is 0. The highest BCUT2D eigenvalue weighted by molar-refractivity contribution is 5.25. The van der Waals surface area contributed by atoms with Crippen molar-refractivity contribution < 1.29 is 0 Å². The van der Waals surface area contributed by atoms with Gasteiger partial charge >= 0.3 is 0 Å². The predicted octanol–water partition coefficient (Wildman–Crippen LogP) is 4.58. The molecule has 0 radical (unpaired) electrons. The quantitative estimate of drug-likeness (QED) is 0.412. The number of rotatable bonds is 4. The third kappa shape index (κ3) is 3.01. The third-order valence-corrected chi connectivity index (χ3v) is 3.82. The molecular formula is C14H19N3. The van der Waals surface area contributed by atoms with E-state index in [2.05, 4.69) is 41.2 Å². The second-order valence-electron chi connectivity index (χ2n) is 4.98. The average molecular weight is 229 g/mol. The van der Waals surface area contributed by atoms with Crippen LogP contribution in [0, 0.1) is 12.8 Å². The van der Waals surface area contributed by atoms with Crippen LogP contribution in [0.5, 0.6) is 0 Å². The molecule has 0 bridgehead atoms. The molecule has 1 atom stereocenters. The summed E-state index contributed by atoms with van der Waals surface area (Å²) in [5.74, 6) is 1.11. The fraction of sp³-hybridized carbons (Fsp3) is 0.571. The zero-order valence-corrected chi connectivity index (χ0v) is 10.3. The second-order valence-corrected chi connectivity index (χ2v) is 4.98. The molecule has 1 unspecified atom stereocenters. The maximum atomic E-state index is 8.51. The number of aryl methyl sites for hydroxylation is 1. The zero-order valence-electron chi connectivity index (χ0n) is 10.3. The SMILES string of the molecule is Cc1ccc(C(CN=[N+]=[N-])C2CCCC2)cc1. The molecule has 1 aliphatic rings. The number of azide groups is 1. The Morgan fingerprint density at radius 1 is 1.29 bits per heavy atom. The Hall–Kier alpha value is -1.47. The molecule has 0 spiro atoms. The van der Waals surface area contributed by atoms with Crippen LogP contribution in [0.1, 0.15) is 42.7 Å². The van der Waals surface area contributed by atoms with E-state index in [1.807, 2.05) is 0 Å². The maximum Gasteiger partial charge on any atom is 0.0329 e. The normalized spacial score (nSPS) is 17.7. The van der Waals surface area contributed by atoms with Gasteiger partial charge in [0.2, 0.25) is 0 Å². The van der Waals surface area contributed by atoms with Crippen molar-refractivity contribution in [2.45, 2.75) is 38.5 Å². The van der Waals surface area contributed by atoms with Crippen LogP contribution in [0.2, 0.25) is 0 Å². The smallest absolute Gasteiger partial charge is 0.0329 e. The molecule has 0 amide bonds. The van der Waals surface area contributed by atoms with Crippen LogP contribution < -0.4 is 0 Å². The molecular weight excluding hydrogens is 210 g/mol. The molecule has 1 saturated carbocycles. The van der Waals surface area contributed by atoms with Gasteiger partial charge in [0.05, 0.1) is 0 Å². The van der Waals surface area contributed by atoms with Crippen LogP contribution in [0.25, 0.3) is 10.4 Å². The van der Waals surface area contributed by atoms with Gasteiger partial charge < -0.3 is 0 Å². The van der Waals surface area contributed by atoms with Crippen molar-refractivity contribution in [3.05, 3.63) is 45.8 Å². The Kier molecular flexibility index (Phi) is 4.05. The first-order valence-electron chi connectivity index (χ1n) is 6.38. The predicted molar refractivity (Wildman–Crippen MR) is 69.9 cm³/mol. The van der Waals surface area contributed by atoms with Crippen molar-refractivity contribution in [2.24, 2.45) is 11.0 Å². The van der Waals surface area contributed by atoms with Gasteiger partial charge in [-0.05, 0) is 42.7 Å². The first-order chi connectivity index (χ1) is 8.31. The monoisotopic (exact) mass is 229 g/mol. The molecule has 1 aromatic carbocycles. The Morgan fingerprint density at radius 2 is 1.94 bits per heavy atom. The molecule has 17 heavy (non-hydrogen) atoms. The van der Waals surface area contributed by atoms with E-state index in [4.69, 9.17) is 5.53 Å². The summed E-state index contributed by atoms with van der Waals surface area (Å²) in [4.78, 5) is 2.91. The summed E-state index contributed by atoms with van der Waals surface area (Å²) >= 11 is 0. The van der Waals surface area contributed by atoms with Gasteiger partial charge in [-0.1, -0.05) is 47.8 Å². The highest BCUT2D eigenvalue weighted by Crippen LogP contribution is 2.37. The molecule has 1 aromatic rings. The molecule has 1 aliphatic carbocycles. The van der Waals surface area contributed by atoms with Gasteiger partial charge in [-0.2, -0.15) is 0 Å². The van der Waals surface area contributed by atoms with E-state index in [1.165, 1.54) is 36.8 Å². The van der Waals surface area contributed by atoms with Crippen LogP contribution in [0.4, 0.5) is 0 Å². The Labute approximate surface area is 102 Å². The lowest BCUT2D eigenvalue weighted by molar-refractivity contribution is 0.440. The first kappa shape index (κ1) is 12.0. The lowest BCUT2D eigenvalue weighted by atomic mass is 9.84. The van der Waals surface area contributed by atoms with Crippen molar-refractivity contribution in [3.8, 4) is 0 Å². The number of hydrogen-bond donors (Lipinski definition) is 0. The van der Waals surface area contributed by atoms with Crippen molar-refractivity contribution in [3.63, 3.8) is 0 Å². The average Bonchev–Trinajstić information content (AvgIpc) is 2.85. The minimum atomic E-state index is 0.411. The summed E-state index contributed by atoms with van der Waals surface area (Å²) in [7, 11) is 0. The zero-order chi connectivity index (χ0) is 12.1. The molecule has 1 fully saturated rings. The standard InChI is InChI=1S/C14H19N3/c1-11-6-8-13(9-7-11)14(10-16-17-15)12-4-2-3-5-12/h6-9,12,14H,2-5,10H2,1H3. The molecule has 3 nitrogen and oxygen atoms in total. The van der Waals surface area contributed by atoms with E-state index >= 15 is 0 Å². The Balaban J connectivity index is 2.18. The van der Waals surface area contributed by atoms with Crippen LogP contribution in [0.15, 0.2) is 29.4 Å². The van der Waals surface area contributed by atoms with Gasteiger partial charge in [-0.25, -0.2) is 0 Å². The van der Waals surface area contributed by atoms with E-state index in [9.17, 15) is 0 Å². The summed E-state index contributed by atoms with van der Waals surface area (Å²) in [5, 5.41) is 3.80. The van der Waals surface area contributed by atoms with Gasteiger partial charge in [0, 0.05) is 11.5 Å². The molecule has 0 aliphatic heterocycles. The highest BCUT2D eigenvalue weighted by atomic mass is 15.1. The Morgan fingerprint density at radius 3 is 2.53 bits per heavy atom. The summed E-state index contributed by atoms with van der Waals surface area (Å²) in [5.41, 5.74) is 11.1. The molecule has 2 rings (SSSR count). The van der Waals surface area contributed by atoms with Crippen LogP contribution in [-0.4, -0.2) is 6.54 Å². The second kappa shape index (κ2) is 5.74. The summed E-state index contributed by atoms with van der Waals surface area (Å²) in [6, 6.07) is 8.66. The molecule has 3 heteroatoms. The topological polar surface area (TPSA) is 48.8 Å². The van der Waals surface area contributed by atoms with Gasteiger partial charge in [-0.3, -0.25) is 0 Å². The first-order valence-corrected chi connectivity index (χ1v) is 6.38. The van der Waals surface area contributed by atoms with Crippen molar-refractivity contribution in [1.82, 2.24) is 0 Å². The minimum absolute atomic E-state index is 0.411. The fourth-order valence-electron chi connectivity index (χ4n) is 2.82. The van der Waals surface area contributed by atoms with Crippen LogP contribution in [-0.2, 0) is 0 Å².